The lowest BCUT2D eigenvalue weighted by Gasteiger charge is -2.35. The molecule has 3 aromatic heterocycles. The first-order valence-corrected chi connectivity index (χ1v) is 9.36. The van der Waals surface area contributed by atoms with Gasteiger partial charge >= 0.3 is 0 Å². The van der Waals surface area contributed by atoms with Crippen molar-refractivity contribution in [2.24, 2.45) is 13.0 Å². The maximum Gasteiger partial charge on any atom is 0.219 e. The summed E-state index contributed by atoms with van der Waals surface area (Å²) in [7, 11) is 1.76. The van der Waals surface area contributed by atoms with E-state index in [2.05, 4.69) is 20.1 Å². The first-order chi connectivity index (χ1) is 13.7. The molecule has 8 heteroatoms. The van der Waals surface area contributed by atoms with Crippen molar-refractivity contribution in [2.75, 3.05) is 5.73 Å². The summed E-state index contributed by atoms with van der Waals surface area (Å²) in [6.45, 7) is 6.08. The number of hydrogen-bond acceptors (Lipinski definition) is 7. The summed E-state index contributed by atoms with van der Waals surface area (Å²) in [5.41, 5.74) is 8.15. The molecular weight excluding hydrogens is 366 g/mol. The van der Waals surface area contributed by atoms with E-state index >= 15 is 0 Å². The maximum atomic E-state index is 12.6. The number of nitrogen functional groups attached to an aromatic ring is 1. The van der Waals surface area contributed by atoms with Gasteiger partial charge in [-0.05, 0) is 24.5 Å². The maximum absolute atomic E-state index is 12.6. The van der Waals surface area contributed by atoms with E-state index in [9.17, 15) is 4.79 Å². The van der Waals surface area contributed by atoms with Crippen LogP contribution in [0.5, 0.6) is 0 Å². The molecule has 0 aliphatic carbocycles. The van der Waals surface area contributed by atoms with E-state index in [0.29, 0.717) is 11.3 Å². The van der Waals surface area contributed by atoms with Crippen molar-refractivity contribution in [3.8, 4) is 11.3 Å². The molecule has 3 rings (SSSR count). The molecule has 3 aromatic rings. The summed E-state index contributed by atoms with van der Waals surface area (Å²) in [4.78, 5) is 25.1. The highest BCUT2D eigenvalue weighted by Crippen LogP contribution is 2.35. The molecule has 8 nitrogen and oxygen atoms in total. The molecule has 0 radical (unpaired) electrons. The van der Waals surface area contributed by atoms with Gasteiger partial charge in [0.1, 0.15) is 0 Å². The Kier molecular flexibility index (Phi) is 5.54. The van der Waals surface area contributed by atoms with Crippen LogP contribution in [0.2, 0.25) is 0 Å². The molecule has 1 unspecified atom stereocenters. The Morgan fingerprint density at radius 3 is 2.38 bits per heavy atom. The number of ketones is 1. The van der Waals surface area contributed by atoms with Crippen LogP contribution in [-0.4, -0.2) is 36.2 Å². The topological polar surface area (TPSA) is 123 Å². The molecule has 3 heterocycles. The van der Waals surface area contributed by atoms with Crippen molar-refractivity contribution in [2.45, 2.75) is 32.6 Å². The summed E-state index contributed by atoms with van der Waals surface area (Å²) in [6, 6.07) is 3.82. The van der Waals surface area contributed by atoms with Gasteiger partial charge in [0.25, 0.3) is 0 Å². The molecule has 0 amide bonds. The zero-order valence-electron chi connectivity index (χ0n) is 17.0. The van der Waals surface area contributed by atoms with Crippen molar-refractivity contribution in [3.63, 3.8) is 0 Å². The van der Waals surface area contributed by atoms with Crippen LogP contribution in [0.1, 0.15) is 43.1 Å². The highest BCUT2D eigenvalue weighted by molar-refractivity contribution is 6.11. The SMILES string of the molecule is CC(C)C(C)(C(=N)CC(=O)c1cnn(C)c1)c1ccc(-c2cnc(N)nc2)nc1. The number of carbonyl (C=O) groups is 1. The minimum Gasteiger partial charge on any atom is -0.368 e. The molecule has 0 saturated carbocycles. The lowest BCUT2D eigenvalue weighted by molar-refractivity contribution is 0.0998. The Balaban J connectivity index is 1.86. The number of nitrogens with two attached hydrogens (primary N) is 1. The fourth-order valence-corrected chi connectivity index (χ4v) is 3.21. The fraction of sp³-hybridized carbons (Fsp3) is 0.333. The van der Waals surface area contributed by atoms with Gasteiger partial charge in [-0.3, -0.25) is 14.5 Å². The Morgan fingerprint density at radius 2 is 1.86 bits per heavy atom. The van der Waals surface area contributed by atoms with Gasteiger partial charge < -0.3 is 11.1 Å². The molecule has 1 atom stereocenters. The standard InChI is InChI=1S/C21H25N7O/c1-13(2)21(3,19(22)7-18(29)15-10-27-28(4)12-15)16-5-6-17(24-11-16)14-8-25-20(23)26-9-14/h5-6,8-13,22H,7H2,1-4H3,(H2,23,25,26). The fourth-order valence-electron chi connectivity index (χ4n) is 3.21. The summed E-state index contributed by atoms with van der Waals surface area (Å²) in [5, 5.41) is 12.8. The summed E-state index contributed by atoms with van der Waals surface area (Å²) >= 11 is 0. The number of aromatic nitrogens is 5. The zero-order chi connectivity index (χ0) is 21.2. The number of nitrogens with zero attached hydrogens (tertiary/aromatic N) is 5. The summed E-state index contributed by atoms with van der Waals surface area (Å²) < 4.78 is 1.59. The van der Waals surface area contributed by atoms with Crippen molar-refractivity contribution in [1.29, 1.82) is 5.41 Å². The smallest absolute Gasteiger partial charge is 0.219 e. The van der Waals surface area contributed by atoms with Gasteiger partial charge in [0.2, 0.25) is 5.95 Å². The first kappa shape index (κ1) is 20.3. The van der Waals surface area contributed by atoms with Crippen LogP contribution in [-0.2, 0) is 12.5 Å². The van der Waals surface area contributed by atoms with E-state index in [4.69, 9.17) is 11.1 Å². The molecule has 0 bridgehead atoms. The predicted molar refractivity (Wildman–Crippen MR) is 112 cm³/mol. The third-order valence-electron chi connectivity index (χ3n) is 5.48. The highest BCUT2D eigenvalue weighted by atomic mass is 16.1. The zero-order valence-corrected chi connectivity index (χ0v) is 17.0. The number of nitrogens with one attached hydrogen (secondary N) is 1. The molecule has 0 aliphatic heterocycles. The monoisotopic (exact) mass is 391 g/mol. The van der Waals surface area contributed by atoms with Crippen LogP contribution in [0.15, 0.2) is 43.1 Å². The van der Waals surface area contributed by atoms with E-state index < -0.39 is 5.41 Å². The average Bonchev–Trinajstić information content (AvgIpc) is 3.14. The summed E-state index contributed by atoms with van der Waals surface area (Å²) in [6.07, 6.45) is 8.25. The normalized spacial score (nSPS) is 13.3. The third kappa shape index (κ3) is 4.06. The van der Waals surface area contributed by atoms with Crippen molar-refractivity contribution >= 4 is 17.4 Å². The van der Waals surface area contributed by atoms with Gasteiger partial charge in [-0.1, -0.05) is 19.9 Å². The largest absolute Gasteiger partial charge is 0.368 e. The van der Waals surface area contributed by atoms with Gasteiger partial charge in [-0.15, -0.1) is 0 Å². The Hall–Kier alpha value is -3.42. The first-order valence-electron chi connectivity index (χ1n) is 9.36. The van der Waals surface area contributed by atoms with Gasteiger partial charge in [-0.25, -0.2) is 9.97 Å². The lowest BCUT2D eigenvalue weighted by atomic mass is 9.69. The van der Waals surface area contributed by atoms with E-state index in [-0.39, 0.29) is 24.1 Å². The second-order valence-electron chi connectivity index (χ2n) is 7.60. The van der Waals surface area contributed by atoms with Crippen molar-refractivity contribution in [1.82, 2.24) is 24.7 Å². The molecule has 0 aliphatic rings. The number of carbonyl (C=O) groups excluding carboxylic acids is 1. The van der Waals surface area contributed by atoms with E-state index in [1.165, 1.54) is 6.20 Å². The van der Waals surface area contributed by atoms with Crippen LogP contribution in [0, 0.1) is 11.3 Å². The van der Waals surface area contributed by atoms with Crippen LogP contribution < -0.4 is 5.73 Å². The molecular formula is C21H25N7O. The van der Waals surface area contributed by atoms with Crippen LogP contribution in [0.4, 0.5) is 5.95 Å². The molecule has 0 spiro atoms. The quantitative estimate of drug-likeness (QED) is 0.471. The Morgan fingerprint density at radius 1 is 1.17 bits per heavy atom. The van der Waals surface area contributed by atoms with E-state index in [0.717, 1.165) is 16.8 Å². The molecule has 0 aromatic carbocycles. The Labute approximate surface area is 169 Å². The van der Waals surface area contributed by atoms with Crippen LogP contribution in [0.25, 0.3) is 11.3 Å². The number of pyridine rings is 1. The second-order valence-corrected chi connectivity index (χ2v) is 7.60. The van der Waals surface area contributed by atoms with Crippen molar-refractivity contribution < 1.29 is 4.79 Å². The predicted octanol–water partition coefficient (Wildman–Crippen LogP) is 3.06. The number of anilines is 1. The lowest BCUT2D eigenvalue weighted by Crippen LogP contribution is -2.38. The molecule has 29 heavy (non-hydrogen) atoms. The third-order valence-corrected chi connectivity index (χ3v) is 5.48. The molecule has 0 saturated heterocycles. The molecule has 3 N–H and O–H groups in total. The number of aryl methyl sites for hydroxylation is 1. The van der Waals surface area contributed by atoms with Gasteiger partial charge in [0.15, 0.2) is 5.78 Å². The van der Waals surface area contributed by atoms with Gasteiger partial charge in [0.05, 0.1) is 17.5 Å². The number of hydrogen-bond donors (Lipinski definition) is 2. The highest BCUT2D eigenvalue weighted by Gasteiger charge is 2.36. The minimum absolute atomic E-state index is 0.0356. The van der Waals surface area contributed by atoms with E-state index in [1.54, 1.807) is 36.5 Å². The average molecular weight is 391 g/mol. The molecule has 150 valence electrons. The van der Waals surface area contributed by atoms with Crippen LogP contribution in [0.3, 0.4) is 0 Å². The summed E-state index contributed by atoms with van der Waals surface area (Å²) in [5.74, 6) is 0.201. The van der Waals surface area contributed by atoms with Crippen LogP contribution >= 0.6 is 0 Å². The Bertz CT molecular complexity index is 1020. The minimum atomic E-state index is -0.624. The van der Waals surface area contributed by atoms with Gasteiger partial charge in [-0.2, -0.15) is 5.10 Å². The number of rotatable bonds is 7. The number of Topliss-reactive ketones (excluding diaryl/α,β-unsaturated/α-hetero) is 1. The second kappa shape index (κ2) is 7.90. The van der Waals surface area contributed by atoms with Gasteiger partial charge in [0, 0.05) is 54.9 Å². The van der Waals surface area contributed by atoms with E-state index in [1.807, 2.05) is 32.9 Å². The van der Waals surface area contributed by atoms with Crippen molar-refractivity contribution in [3.05, 3.63) is 54.2 Å². The molecule has 0 fully saturated rings.